The topological polar surface area (TPSA) is 9.86 Å². The Labute approximate surface area is 233 Å². The zero-order chi connectivity index (χ0) is 25.6. The van der Waals surface area contributed by atoms with E-state index in [1.165, 1.54) is 49.9 Å². The molecule has 38 heavy (non-hydrogen) atoms. The van der Waals surface area contributed by atoms with E-state index in [-0.39, 0.29) is 0 Å². The summed E-state index contributed by atoms with van der Waals surface area (Å²) in [5, 5.41) is 4.09. The van der Waals surface area contributed by atoms with Crippen LogP contribution in [0.4, 0.5) is 0 Å². The molecule has 4 heteroatoms. The summed E-state index contributed by atoms with van der Waals surface area (Å²) in [7, 11) is 0. The van der Waals surface area contributed by atoms with E-state index < -0.39 is 0 Å². The Morgan fingerprint density at radius 2 is 1.29 bits per heavy atom. The second kappa shape index (κ2) is 9.69. The van der Waals surface area contributed by atoms with Crippen molar-refractivity contribution in [3.05, 3.63) is 141 Å². The van der Waals surface area contributed by atoms with Crippen molar-refractivity contribution in [2.45, 2.75) is 38.3 Å². The van der Waals surface area contributed by atoms with Crippen LogP contribution in [0.3, 0.4) is 0 Å². The Balaban J connectivity index is 1.33. The van der Waals surface area contributed by atoms with Crippen LogP contribution in [0, 0.1) is 0 Å². The fourth-order valence-electron chi connectivity index (χ4n) is 6.36. The zero-order valence-electron chi connectivity index (χ0n) is 21.1. The largest absolute Gasteiger partial charge is 0.340 e. The van der Waals surface area contributed by atoms with E-state index >= 15 is 0 Å². The van der Waals surface area contributed by atoms with Gasteiger partial charge < -0.3 is 9.13 Å². The minimum Gasteiger partial charge on any atom is -0.340 e. The normalized spacial score (nSPS) is 15.3. The first-order valence-corrected chi connectivity index (χ1v) is 14.1. The van der Waals surface area contributed by atoms with Gasteiger partial charge in [0.05, 0.1) is 0 Å². The van der Waals surface area contributed by atoms with Gasteiger partial charge in [-0.3, -0.25) is 0 Å². The molecule has 0 radical (unpaired) electrons. The Bertz CT molecular complexity index is 1760. The first-order chi connectivity index (χ1) is 18.6. The number of nitrogens with zero attached hydrogens (tertiary/aromatic N) is 2. The van der Waals surface area contributed by atoms with Crippen LogP contribution >= 0.6 is 23.2 Å². The Hall–Kier alpha value is -3.46. The maximum Gasteiger partial charge on any atom is 0.0489 e. The van der Waals surface area contributed by atoms with Crippen LogP contribution < -0.4 is 0 Å². The standard InChI is InChI=1S/C34H28Cl2N2/c35-27-12-15-31-26(17-27)19-34(37(31)21-23-7-3-1-4-8-23)25-11-14-32-29(18-25)30-20-28(36)13-16-33(30)38(32)22-24-9-5-2-6-10-24/h1-10,12-13,15-17,19-20,25H,11,14,18,21-22H2. The van der Waals surface area contributed by atoms with E-state index in [1.807, 2.05) is 12.1 Å². The first-order valence-electron chi connectivity index (χ1n) is 13.3. The highest BCUT2D eigenvalue weighted by molar-refractivity contribution is 6.31. The number of hydrogen-bond donors (Lipinski definition) is 0. The van der Waals surface area contributed by atoms with Crippen LogP contribution in [0.2, 0.25) is 10.0 Å². The lowest BCUT2D eigenvalue weighted by molar-refractivity contribution is 0.533. The van der Waals surface area contributed by atoms with Gasteiger partial charge in [0.2, 0.25) is 0 Å². The fourth-order valence-corrected chi connectivity index (χ4v) is 6.72. The Morgan fingerprint density at radius 1 is 0.658 bits per heavy atom. The number of halogens is 2. The number of fused-ring (bicyclic) bond motifs is 4. The van der Waals surface area contributed by atoms with Gasteiger partial charge >= 0.3 is 0 Å². The van der Waals surface area contributed by atoms with Crippen LogP contribution in [-0.4, -0.2) is 9.13 Å². The molecule has 0 N–H and O–H groups in total. The van der Waals surface area contributed by atoms with Gasteiger partial charge in [0.15, 0.2) is 0 Å². The van der Waals surface area contributed by atoms with E-state index in [0.29, 0.717) is 5.92 Å². The molecular formula is C34H28Cl2N2. The van der Waals surface area contributed by atoms with Crippen molar-refractivity contribution in [2.24, 2.45) is 0 Å². The molecule has 0 bridgehead atoms. The fraction of sp³-hybridized carbons (Fsp3) is 0.176. The average molecular weight is 536 g/mol. The van der Waals surface area contributed by atoms with Gasteiger partial charge in [0.25, 0.3) is 0 Å². The Kier molecular flexibility index (Phi) is 6.03. The van der Waals surface area contributed by atoms with Crippen LogP contribution in [0.15, 0.2) is 103 Å². The quantitative estimate of drug-likeness (QED) is 0.208. The highest BCUT2D eigenvalue weighted by Crippen LogP contribution is 2.41. The molecule has 2 nitrogen and oxygen atoms in total. The van der Waals surface area contributed by atoms with Crippen LogP contribution in [0.25, 0.3) is 21.8 Å². The molecule has 2 aromatic heterocycles. The lowest BCUT2D eigenvalue weighted by Crippen LogP contribution is -2.18. The zero-order valence-corrected chi connectivity index (χ0v) is 22.6. The van der Waals surface area contributed by atoms with Crippen molar-refractivity contribution in [2.75, 3.05) is 0 Å². The van der Waals surface area contributed by atoms with Gasteiger partial charge in [-0.2, -0.15) is 0 Å². The third kappa shape index (κ3) is 4.22. The molecule has 188 valence electrons. The molecule has 0 spiro atoms. The van der Waals surface area contributed by atoms with E-state index in [4.69, 9.17) is 23.2 Å². The minimum atomic E-state index is 0.423. The summed E-state index contributed by atoms with van der Waals surface area (Å²) in [4.78, 5) is 0. The van der Waals surface area contributed by atoms with E-state index in [0.717, 1.165) is 42.4 Å². The third-order valence-corrected chi connectivity index (χ3v) is 8.58. The lowest BCUT2D eigenvalue weighted by atomic mass is 9.84. The molecule has 4 aromatic carbocycles. The summed E-state index contributed by atoms with van der Waals surface area (Å²) in [6.45, 7) is 1.73. The summed E-state index contributed by atoms with van der Waals surface area (Å²) in [6, 6.07) is 36.5. The summed E-state index contributed by atoms with van der Waals surface area (Å²) in [6.07, 6.45) is 3.17. The van der Waals surface area contributed by atoms with Crippen molar-refractivity contribution < 1.29 is 0 Å². The number of aromatic nitrogens is 2. The first kappa shape index (κ1) is 23.6. The van der Waals surface area contributed by atoms with Crippen molar-refractivity contribution >= 4 is 45.0 Å². The van der Waals surface area contributed by atoms with E-state index in [2.05, 4.69) is 100 Å². The molecule has 2 heterocycles. The maximum absolute atomic E-state index is 6.54. The monoisotopic (exact) mass is 534 g/mol. The molecule has 1 atom stereocenters. The van der Waals surface area contributed by atoms with Crippen LogP contribution in [0.1, 0.15) is 40.4 Å². The van der Waals surface area contributed by atoms with Gasteiger partial charge in [0, 0.05) is 62.2 Å². The minimum absolute atomic E-state index is 0.423. The summed E-state index contributed by atoms with van der Waals surface area (Å²) in [5.74, 6) is 0.423. The van der Waals surface area contributed by atoms with Gasteiger partial charge in [0.1, 0.15) is 0 Å². The van der Waals surface area contributed by atoms with Crippen molar-refractivity contribution in [3.63, 3.8) is 0 Å². The molecular weight excluding hydrogens is 507 g/mol. The second-order valence-corrected chi connectivity index (χ2v) is 11.3. The average Bonchev–Trinajstić information content (AvgIpc) is 3.44. The van der Waals surface area contributed by atoms with E-state index in [1.54, 1.807) is 0 Å². The van der Waals surface area contributed by atoms with Crippen LogP contribution in [-0.2, 0) is 25.9 Å². The molecule has 0 saturated carbocycles. The molecule has 6 aromatic rings. The predicted octanol–water partition coefficient (Wildman–Crippen LogP) is 9.27. The summed E-state index contributed by atoms with van der Waals surface area (Å²) in [5.41, 5.74) is 9.45. The van der Waals surface area contributed by atoms with Gasteiger partial charge in [-0.25, -0.2) is 0 Å². The molecule has 1 aliphatic carbocycles. The molecule has 1 aliphatic rings. The molecule has 1 unspecified atom stereocenters. The third-order valence-electron chi connectivity index (χ3n) is 8.11. The molecule has 0 fully saturated rings. The SMILES string of the molecule is Clc1ccc2c(c1)cc(C1CCc3c(c4cc(Cl)ccc4n3Cc3ccccc3)C1)n2Cc1ccccc1. The van der Waals surface area contributed by atoms with Crippen molar-refractivity contribution in [1.82, 2.24) is 9.13 Å². The molecule has 0 saturated heterocycles. The predicted molar refractivity (Wildman–Crippen MR) is 160 cm³/mol. The van der Waals surface area contributed by atoms with Crippen molar-refractivity contribution in [1.29, 1.82) is 0 Å². The van der Waals surface area contributed by atoms with E-state index in [9.17, 15) is 0 Å². The summed E-state index contributed by atoms with van der Waals surface area (Å²) >= 11 is 13.0. The number of benzene rings is 4. The molecule has 7 rings (SSSR count). The highest BCUT2D eigenvalue weighted by Gasteiger charge is 2.29. The highest BCUT2D eigenvalue weighted by atomic mass is 35.5. The molecule has 0 aliphatic heterocycles. The molecule has 0 amide bonds. The number of hydrogen-bond acceptors (Lipinski definition) is 0. The lowest BCUT2D eigenvalue weighted by Gasteiger charge is -2.26. The van der Waals surface area contributed by atoms with Crippen molar-refractivity contribution in [3.8, 4) is 0 Å². The Morgan fingerprint density at radius 3 is 2.00 bits per heavy atom. The summed E-state index contributed by atoms with van der Waals surface area (Å²) < 4.78 is 5.03. The number of rotatable bonds is 5. The van der Waals surface area contributed by atoms with Gasteiger partial charge in [-0.05, 0) is 78.4 Å². The second-order valence-electron chi connectivity index (χ2n) is 10.4. The maximum atomic E-state index is 6.54. The van der Waals surface area contributed by atoms with Gasteiger partial charge in [-0.1, -0.05) is 83.9 Å². The smallest absolute Gasteiger partial charge is 0.0489 e. The van der Waals surface area contributed by atoms with Crippen LogP contribution in [0.5, 0.6) is 0 Å². The van der Waals surface area contributed by atoms with Gasteiger partial charge in [-0.15, -0.1) is 0 Å².